The molecule has 0 spiro atoms. The minimum absolute atomic E-state index is 0.0379. The number of carbonyl (C=O) groups is 1. The van der Waals surface area contributed by atoms with E-state index in [1.165, 1.54) is 0 Å². The standard InChI is InChI=1S/C12H19NO2/c1-3-5-6-7-8-9-11(10-14)13-12(15)4-2/h3,5-8,11,14H,1,4,9-10H2,2H3,(H,13,15)/b6-5-,8-7-/t11-/m0/s1. The van der Waals surface area contributed by atoms with Crippen molar-refractivity contribution < 1.29 is 9.90 Å². The zero-order valence-electron chi connectivity index (χ0n) is 9.15. The van der Waals surface area contributed by atoms with Gasteiger partial charge in [-0.25, -0.2) is 0 Å². The molecule has 0 unspecified atom stereocenters. The molecule has 3 heteroatoms. The molecule has 0 aliphatic rings. The lowest BCUT2D eigenvalue weighted by Crippen LogP contribution is -2.36. The maximum Gasteiger partial charge on any atom is 0.220 e. The maximum atomic E-state index is 11.0. The van der Waals surface area contributed by atoms with Gasteiger partial charge in [0.2, 0.25) is 5.91 Å². The molecule has 0 saturated heterocycles. The normalized spacial score (nSPS) is 13.2. The summed E-state index contributed by atoms with van der Waals surface area (Å²) in [5, 5.41) is 11.7. The number of carbonyl (C=O) groups excluding carboxylic acids is 1. The molecule has 0 aromatic carbocycles. The quantitative estimate of drug-likeness (QED) is 0.625. The first kappa shape index (κ1) is 13.7. The van der Waals surface area contributed by atoms with E-state index in [4.69, 9.17) is 5.11 Å². The van der Waals surface area contributed by atoms with Crippen molar-refractivity contribution in [3.8, 4) is 0 Å². The second-order valence-corrected chi connectivity index (χ2v) is 3.09. The monoisotopic (exact) mass is 209 g/mol. The second-order valence-electron chi connectivity index (χ2n) is 3.09. The highest BCUT2D eigenvalue weighted by Gasteiger charge is 2.07. The number of amides is 1. The van der Waals surface area contributed by atoms with Gasteiger partial charge in [-0.05, 0) is 6.42 Å². The van der Waals surface area contributed by atoms with Crippen molar-refractivity contribution in [3.05, 3.63) is 37.0 Å². The first-order valence-corrected chi connectivity index (χ1v) is 5.09. The van der Waals surface area contributed by atoms with E-state index in [1.54, 1.807) is 13.0 Å². The highest BCUT2D eigenvalue weighted by atomic mass is 16.3. The van der Waals surface area contributed by atoms with Crippen LogP contribution in [0.3, 0.4) is 0 Å². The molecule has 15 heavy (non-hydrogen) atoms. The molecule has 0 rings (SSSR count). The maximum absolute atomic E-state index is 11.0. The third kappa shape index (κ3) is 7.70. The van der Waals surface area contributed by atoms with Gasteiger partial charge in [-0.2, -0.15) is 0 Å². The zero-order valence-corrected chi connectivity index (χ0v) is 9.15. The number of hydrogen-bond donors (Lipinski definition) is 2. The van der Waals surface area contributed by atoms with Gasteiger partial charge >= 0.3 is 0 Å². The predicted octanol–water partition coefficient (Wildman–Crippen LogP) is 1.56. The summed E-state index contributed by atoms with van der Waals surface area (Å²) in [6.07, 6.45) is 10.2. The second kappa shape index (κ2) is 9.21. The van der Waals surface area contributed by atoms with Gasteiger partial charge in [0.15, 0.2) is 0 Å². The molecule has 1 atom stereocenters. The van der Waals surface area contributed by atoms with Crippen LogP contribution in [-0.4, -0.2) is 23.7 Å². The molecule has 0 heterocycles. The van der Waals surface area contributed by atoms with Gasteiger partial charge in [-0.15, -0.1) is 0 Å². The Kier molecular flexibility index (Phi) is 8.39. The number of hydrogen-bond acceptors (Lipinski definition) is 2. The van der Waals surface area contributed by atoms with E-state index in [9.17, 15) is 4.79 Å². The molecule has 2 N–H and O–H groups in total. The Morgan fingerprint density at radius 3 is 2.73 bits per heavy atom. The highest BCUT2D eigenvalue weighted by molar-refractivity contribution is 5.75. The third-order valence-electron chi connectivity index (χ3n) is 1.82. The molecule has 84 valence electrons. The fourth-order valence-corrected chi connectivity index (χ4v) is 0.973. The molecular formula is C12H19NO2. The molecule has 3 nitrogen and oxygen atoms in total. The summed E-state index contributed by atoms with van der Waals surface area (Å²) in [5.41, 5.74) is 0. The molecular weight excluding hydrogens is 190 g/mol. The van der Waals surface area contributed by atoms with E-state index in [0.717, 1.165) is 0 Å². The Morgan fingerprint density at radius 1 is 1.47 bits per heavy atom. The van der Waals surface area contributed by atoms with Gasteiger partial charge < -0.3 is 10.4 Å². The van der Waals surface area contributed by atoms with Gasteiger partial charge in [0.1, 0.15) is 0 Å². The van der Waals surface area contributed by atoms with Crippen LogP contribution in [0.1, 0.15) is 19.8 Å². The van der Waals surface area contributed by atoms with Gasteiger partial charge in [0.25, 0.3) is 0 Å². The van der Waals surface area contributed by atoms with E-state index in [1.807, 2.05) is 24.3 Å². The van der Waals surface area contributed by atoms with Crippen LogP contribution in [0.5, 0.6) is 0 Å². The third-order valence-corrected chi connectivity index (χ3v) is 1.82. The molecule has 0 bridgehead atoms. The van der Waals surface area contributed by atoms with Crippen molar-refractivity contribution in [2.24, 2.45) is 0 Å². The molecule has 0 aliphatic heterocycles. The summed E-state index contributed by atoms with van der Waals surface area (Å²) in [7, 11) is 0. The van der Waals surface area contributed by atoms with Crippen LogP contribution in [0.15, 0.2) is 37.0 Å². The van der Waals surface area contributed by atoms with Gasteiger partial charge in [0.05, 0.1) is 12.6 Å². The summed E-state index contributed by atoms with van der Waals surface area (Å²) in [4.78, 5) is 11.0. The summed E-state index contributed by atoms with van der Waals surface area (Å²) in [6.45, 7) is 5.29. The topological polar surface area (TPSA) is 49.3 Å². The fourth-order valence-electron chi connectivity index (χ4n) is 0.973. The minimum atomic E-state index is -0.189. The van der Waals surface area contributed by atoms with Crippen molar-refractivity contribution >= 4 is 5.91 Å². The van der Waals surface area contributed by atoms with Crippen molar-refractivity contribution in [1.29, 1.82) is 0 Å². The molecule has 0 aliphatic carbocycles. The van der Waals surface area contributed by atoms with E-state index in [0.29, 0.717) is 12.8 Å². The van der Waals surface area contributed by atoms with E-state index >= 15 is 0 Å². The first-order valence-electron chi connectivity index (χ1n) is 5.09. The lowest BCUT2D eigenvalue weighted by molar-refractivity contribution is -0.121. The number of rotatable bonds is 7. The first-order chi connectivity index (χ1) is 7.24. The summed E-state index contributed by atoms with van der Waals surface area (Å²) in [5.74, 6) is -0.0379. The Bertz CT molecular complexity index is 244. The van der Waals surface area contributed by atoms with Gasteiger partial charge in [0, 0.05) is 6.42 Å². The van der Waals surface area contributed by atoms with Crippen molar-refractivity contribution in [2.75, 3.05) is 6.61 Å². The Labute approximate surface area is 91.2 Å². The van der Waals surface area contributed by atoms with Crippen molar-refractivity contribution in [2.45, 2.75) is 25.8 Å². The van der Waals surface area contributed by atoms with Crippen molar-refractivity contribution in [3.63, 3.8) is 0 Å². The van der Waals surface area contributed by atoms with Crippen LogP contribution in [0.25, 0.3) is 0 Å². The Hall–Kier alpha value is -1.35. The molecule has 0 aromatic rings. The van der Waals surface area contributed by atoms with E-state index < -0.39 is 0 Å². The van der Waals surface area contributed by atoms with Gasteiger partial charge in [-0.3, -0.25) is 4.79 Å². The average Bonchev–Trinajstić information content (AvgIpc) is 2.26. The van der Waals surface area contributed by atoms with E-state index in [2.05, 4.69) is 11.9 Å². The number of aliphatic hydroxyl groups is 1. The van der Waals surface area contributed by atoms with Crippen LogP contribution < -0.4 is 5.32 Å². The lowest BCUT2D eigenvalue weighted by Gasteiger charge is -2.13. The predicted molar refractivity (Wildman–Crippen MR) is 62.4 cm³/mol. The van der Waals surface area contributed by atoms with Crippen LogP contribution in [-0.2, 0) is 4.79 Å². The number of nitrogens with one attached hydrogen (secondary N) is 1. The number of aliphatic hydroxyl groups excluding tert-OH is 1. The average molecular weight is 209 g/mol. The fraction of sp³-hybridized carbons (Fsp3) is 0.417. The largest absolute Gasteiger partial charge is 0.394 e. The van der Waals surface area contributed by atoms with Crippen molar-refractivity contribution in [1.82, 2.24) is 5.32 Å². The number of allylic oxidation sites excluding steroid dienone is 4. The van der Waals surface area contributed by atoms with E-state index in [-0.39, 0.29) is 18.6 Å². The smallest absolute Gasteiger partial charge is 0.220 e. The van der Waals surface area contributed by atoms with Crippen LogP contribution in [0.2, 0.25) is 0 Å². The summed E-state index contributed by atoms with van der Waals surface area (Å²) < 4.78 is 0. The van der Waals surface area contributed by atoms with Gasteiger partial charge in [-0.1, -0.05) is 43.9 Å². The van der Waals surface area contributed by atoms with Crippen LogP contribution in [0.4, 0.5) is 0 Å². The molecule has 0 fully saturated rings. The Morgan fingerprint density at radius 2 is 2.20 bits per heavy atom. The zero-order chi connectivity index (χ0) is 11.5. The molecule has 0 saturated carbocycles. The van der Waals surface area contributed by atoms with Crippen LogP contribution >= 0.6 is 0 Å². The SMILES string of the molecule is C=C/C=C\C=C/C[C@@H](CO)NC(=O)CC. The minimum Gasteiger partial charge on any atom is -0.394 e. The molecule has 0 radical (unpaired) electrons. The Balaban J connectivity index is 3.89. The lowest BCUT2D eigenvalue weighted by atomic mass is 10.2. The molecule has 1 amide bonds. The molecule has 0 aromatic heterocycles. The van der Waals surface area contributed by atoms with Crippen LogP contribution in [0, 0.1) is 0 Å². The highest BCUT2D eigenvalue weighted by Crippen LogP contribution is 1.94. The summed E-state index contributed by atoms with van der Waals surface area (Å²) in [6, 6.07) is -0.189. The summed E-state index contributed by atoms with van der Waals surface area (Å²) >= 11 is 0.